The summed E-state index contributed by atoms with van der Waals surface area (Å²) in [6.07, 6.45) is -0.00155. The van der Waals surface area contributed by atoms with Gasteiger partial charge in [0, 0.05) is 13.3 Å². The first kappa shape index (κ1) is 16.2. The summed E-state index contributed by atoms with van der Waals surface area (Å²) >= 11 is 1.27. The summed E-state index contributed by atoms with van der Waals surface area (Å²) in [5.41, 5.74) is 4.96. The van der Waals surface area contributed by atoms with Gasteiger partial charge in [-0.1, -0.05) is 0 Å². The lowest BCUT2D eigenvalue weighted by Crippen LogP contribution is -2.38. The fraction of sp³-hybridized carbons (Fsp3) is 0.667. The van der Waals surface area contributed by atoms with Crippen molar-refractivity contribution in [1.82, 2.24) is 9.55 Å². The first-order chi connectivity index (χ1) is 10.1. The van der Waals surface area contributed by atoms with Gasteiger partial charge in [0.25, 0.3) is 0 Å². The van der Waals surface area contributed by atoms with E-state index in [4.69, 9.17) is 15.2 Å². The van der Waals surface area contributed by atoms with E-state index in [1.54, 1.807) is 7.11 Å². The van der Waals surface area contributed by atoms with Crippen molar-refractivity contribution in [1.29, 1.82) is 0 Å². The van der Waals surface area contributed by atoms with Crippen molar-refractivity contribution in [2.45, 2.75) is 22.8 Å². The van der Waals surface area contributed by atoms with E-state index in [1.807, 2.05) is 0 Å². The van der Waals surface area contributed by atoms with Gasteiger partial charge in [0.2, 0.25) is 0 Å². The molecule has 0 aliphatic carbocycles. The molecule has 2 unspecified atom stereocenters. The highest BCUT2D eigenvalue weighted by Gasteiger charge is 2.45. The second-order valence-electron chi connectivity index (χ2n) is 4.61. The molecule has 2 rings (SSSR count). The number of methoxy groups -OCH3 is 1. The number of aromatic nitrogens is 2. The van der Waals surface area contributed by atoms with Crippen molar-refractivity contribution in [2.75, 3.05) is 32.7 Å². The predicted octanol–water partition coefficient (Wildman–Crippen LogP) is -1.18. The largest absolute Gasteiger partial charge is 0.395 e. The summed E-state index contributed by atoms with van der Waals surface area (Å²) in [7, 11) is 1.55. The number of nitrogen functional groups attached to an aromatic ring is 1. The summed E-state index contributed by atoms with van der Waals surface area (Å²) in [5, 5.41) is 18.6. The van der Waals surface area contributed by atoms with E-state index in [-0.39, 0.29) is 19.0 Å². The zero-order valence-electron chi connectivity index (χ0n) is 11.6. The number of anilines is 1. The molecule has 0 saturated carbocycles. The van der Waals surface area contributed by atoms with Crippen LogP contribution >= 0.6 is 11.8 Å². The molecule has 1 aromatic rings. The highest BCUT2D eigenvalue weighted by atomic mass is 32.2. The van der Waals surface area contributed by atoms with Crippen molar-refractivity contribution in [3.63, 3.8) is 0 Å². The molecule has 2 heterocycles. The number of thioether (sulfide) groups is 1. The smallest absolute Gasteiger partial charge is 0.350 e. The number of hydrogen-bond donors (Lipinski definition) is 3. The second-order valence-corrected chi connectivity index (χ2v) is 5.97. The molecule has 0 aromatic carbocycles. The highest BCUT2D eigenvalue weighted by molar-refractivity contribution is 8.00. The molecular formula is C12H19N3O5S. The van der Waals surface area contributed by atoms with Gasteiger partial charge < -0.3 is 25.4 Å². The van der Waals surface area contributed by atoms with Crippen LogP contribution in [0.15, 0.2) is 17.1 Å². The average molecular weight is 317 g/mol. The molecule has 0 amide bonds. The van der Waals surface area contributed by atoms with Gasteiger partial charge >= 0.3 is 5.69 Å². The van der Waals surface area contributed by atoms with Gasteiger partial charge in [0.15, 0.2) is 0 Å². The predicted molar refractivity (Wildman–Crippen MR) is 78.0 cm³/mol. The van der Waals surface area contributed by atoms with Crippen LogP contribution in [0.3, 0.4) is 0 Å². The zero-order chi connectivity index (χ0) is 15.4. The van der Waals surface area contributed by atoms with E-state index < -0.39 is 28.5 Å². The maximum atomic E-state index is 11.9. The maximum absolute atomic E-state index is 11.9. The molecule has 4 atom stereocenters. The quantitative estimate of drug-likeness (QED) is 0.561. The Balaban J connectivity index is 2.23. The average Bonchev–Trinajstić information content (AvgIpc) is 2.76. The minimum Gasteiger partial charge on any atom is -0.395 e. The first-order valence-electron chi connectivity index (χ1n) is 6.48. The fourth-order valence-electron chi connectivity index (χ4n) is 2.16. The van der Waals surface area contributed by atoms with E-state index in [0.717, 1.165) is 0 Å². The molecule has 9 heteroatoms. The lowest BCUT2D eigenvalue weighted by Gasteiger charge is -2.23. The highest BCUT2D eigenvalue weighted by Crippen LogP contribution is 2.42. The monoisotopic (exact) mass is 317 g/mol. The van der Waals surface area contributed by atoms with Crippen molar-refractivity contribution in [3.8, 4) is 0 Å². The maximum Gasteiger partial charge on any atom is 0.350 e. The molecule has 21 heavy (non-hydrogen) atoms. The number of ether oxygens (including phenoxy) is 2. The van der Waals surface area contributed by atoms with E-state index in [0.29, 0.717) is 6.61 Å². The Morgan fingerprint density at radius 2 is 2.29 bits per heavy atom. The summed E-state index contributed by atoms with van der Waals surface area (Å²) < 4.78 is 11.9. The van der Waals surface area contributed by atoms with Crippen LogP contribution in [0, 0.1) is 0 Å². The number of aliphatic hydroxyl groups is 2. The lowest BCUT2D eigenvalue weighted by molar-refractivity contribution is -0.0564. The van der Waals surface area contributed by atoms with Crippen LogP contribution in [-0.4, -0.2) is 64.2 Å². The van der Waals surface area contributed by atoms with Crippen LogP contribution in [0.25, 0.3) is 0 Å². The minimum atomic E-state index is -0.883. The Morgan fingerprint density at radius 3 is 2.90 bits per heavy atom. The van der Waals surface area contributed by atoms with Crippen molar-refractivity contribution in [2.24, 2.45) is 0 Å². The SMILES string of the molecule is COCCOC1C(O)[C@@H](CO)S[C@H]1n1ccc(N)nc1=O. The van der Waals surface area contributed by atoms with Gasteiger partial charge in [-0.25, -0.2) is 4.79 Å². The van der Waals surface area contributed by atoms with Crippen molar-refractivity contribution < 1.29 is 19.7 Å². The molecule has 118 valence electrons. The number of nitrogens with zero attached hydrogens (tertiary/aromatic N) is 2. The Morgan fingerprint density at radius 1 is 1.52 bits per heavy atom. The van der Waals surface area contributed by atoms with Crippen LogP contribution in [0.5, 0.6) is 0 Å². The van der Waals surface area contributed by atoms with E-state index in [2.05, 4.69) is 4.98 Å². The number of nitrogens with two attached hydrogens (primary N) is 1. The van der Waals surface area contributed by atoms with Gasteiger partial charge in [0.1, 0.15) is 17.3 Å². The molecule has 1 saturated heterocycles. The number of hydrogen-bond acceptors (Lipinski definition) is 8. The number of rotatable bonds is 6. The van der Waals surface area contributed by atoms with Crippen LogP contribution in [-0.2, 0) is 9.47 Å². The number of aliphatic hydroxyl groups excluding tert-OH is 2. The molecule has 0 radical (unpaired) electrons. The van der Waals surface area contributed by atoms with Gasteiger partial charge in [-0.3, -0.25) is 4.57 Å². The minimum absolute atomic E-state index is 0.135. The Kier molecular flexibility index (Phi) is 5.59. The fourth-order valence-corrected chi connectivity index (χ4v) is 3.61. The Labute approximate surface area is 125 Å². The van der Waals surface area contributed by atoms with Crippen molar-refractivity contribution >= 4 is 17.6 Å². The standard InChI is InChI=1S/C12H19N3O5S/c1-19-4-5-20-10-9(17)7(6-16)21-11(10)15-3-2-8(13)14-12(15)18/h2-3,7,9-11,16-17H,4-6H2,1H3,(H2,13,14,18)/t7-,9?,10?,11-/m1/s1. The third-order valence-electron chi connectivity index (χ3n) is 3.22. The summed E-state index contributed by atoms with van der Waals surface area (Å²) in [4.78, 5) is 15.6. The van der Waals surface area contributed by atoms with Crippen LogP contribution in [0.2, 0.25) is 0 Å². The summed E-state index contributed by atoms with van der Waals surface area (Å²) in [5.74, 6) is 0.135. The molecule has 1 aliphatic heterocycles. The molecular weight excluding hydrogens is 298 g/mol. The van der Waals surface area contributed by atoms with Gasteiger partial charge in [-0.15, -0.1) is 11.8 Å². The second kappa shape index (κ2) is 7.23. The van der Waals surface area contributed by atoms with Gasteiger partial charge in [-0.2, -0.15) is 4.98 Å². The summed E-state index contributed by atoms with van der Waals surface area (Å²) in [6, 6.07) is 1.51. The van der Waals surface area contributed by atoms with Gasteiger partial charge in [-0.05, 0) is 6.07 Å². The van der Waals surface area contributed by atoms with Gasteiger partial charge in [0.05, 0.1) is 31.2 Å². The molecule has 1 aromatic heterocycles. The third-order valence-corrected chi connectivity index (χ3v) is 4.77. The third kappa shape index (κ3) is 3.55. The first-order valence-corrected chi connectivity index (χ1v) is 7.42. The van der Waals surface area contributed by atoms with Crippen LogP contribution < -0.4 is 11.4 Å². The topological polar surface area (TPSA) is 120 Å². The molecule has 0 spiro atoms. The Bertz CT molecular complexity index is 526. The van der Waals surface area contributed by atoms with Crippen LogP contribution in [0.4, 0.5) is 5.82 Å². The molecule has 4 N–H and O–H groups in total. The molecule has 8 nitrogen and oxygen atoms in total. The summed E-state index contributed by atoms with van der Waals surface area (Å²) in [6.45, 7) is 0.452. The Hall–Kier alpha value is -1.13. The van der Waals surface area contributed by atoms with Crippen LogP contribution in [0.1, 0.15) is 5.37 Å². The zero-order valence-corrected chi connectivity index (χ0v) is 12.4. The molecule has 1 aliphatic rings. The van der Waals surface area contributed by atoms with E-state index >= 15 is 0 Å². The molecule has 1 fully saturated rings. The molecule has 0 bridgehead atoms. The normalized spacial score (nSPS) is 28.9. The van der Waals surface area contributed by atoms with E-state index in [1.165, 1.54) is 28.6 Å². The lowest BCUT2D eigenvalue weighted by atomic mass is 10.1. The van der Waals surface area contributed by atoms with Crippen molar-refractivity contribution in [3.05, 3.63) is 22.7 Å². The van der Waals surface area contributed by atoms with E-state index in [9.17, 15) is 15.0 Å².